The Hall–Kier alpha value is -2.26. The summed E-state index contributed by atoms with van der Waals surface area (Å²) in [4.78, 5) is 18.9. The number of imidazole rings is 1. The van der Waals surface area contributed by atoms with E-state index in [4.69, 9.17) is 16.3 Å². The fourth-order valence-corrected chi connectivity index (χ4v) is 5.47. The molecule has 2 atom stereocenters. The number of halogens is 1. The molecule has 6 nitrogen and oxygen atoms in total. The molecule has 4 rings (SSSR count). The molecule has 30 heavy (non-hydrogen) atoms. The predicted molar refractivity (Wildman–Crippen MR) is 116 cm³/mol. The Morgan fingerprint density at radius 1 is 1.33 bits per heavy atom. The molecule has 1 saturated carbocycles. The highest BCUT2D eigenvalue weighted by Crippen LogP contribution is 2.48. The highest BCUT2D eigenvalue weighted by molar-refractivity contribution is 6.29. The highest BCUT2D eigenvalue weighted by Gasteiger charge is 2.51. The number of fused-ring (bicyclic) bond motifs is 1. The second-order valence-electron chi connectivity index (χ2n) is 10.6. The lowest BCUT2D eigenvalue weighted by Gasteiger charge is -2.43. The molecule has 160 valence electrons. The molecule has 1 amide bonds. The minimum Gasteiger partial charge on any atom is -0.441 e. The van der Waals surface area contributed by atoms with Crippen LogP contribution in [0, 0.1) is 22.2 Å². The molecule has 2 unspecified atom stereocenters. The van der Waals surface area contributed by atoms with Crippen LogP contribution in [0.3, 0.4) is 0 Å². The zero-order valence-electron chi connectivity index (χ0n) is 18.2. The van der Waals surface area contributed by atoms with Gasteiger partial charge in [0, 0.05) is 13.1 Å². The quantitative estimate of drug-likeness (QED) is 0.658. The highest BCUT2D eigenvalue weighted by atomic mass is 35.5. The number of aromatic nitrogens is 2. The molecule has 0 bridgehead atoms. The molecule has 1 aliphatic carbocycles. The Bertz CT molecular complexity index is 1030. The SMILES string of the molecule is CC(C)(C)CN1CC2(CCCC(C)(Cn3c(Cl)nc4ccc(C#N)cc43)C2)OC1=O. The molecule has 0 N–H and O–H groups in total. The molecule has 0 radical (unpaired) electrons. The van der Waals surface area contributed by atoms with Gasteiger partial charge in [0.2, 0.25) is 5.28 Å². The first-order chi connectivity index (χ1) is 14.0. The van der Waals surface area contributed by atoms with Gasteiger partial charge in [0.25, 0.3) is 0 Å². The average molecular weight is 429 g/mol. The minimum absolute atomic E-state index is 0.0320. The van der Waals surface area contributed by atoms with Gasteiger partial charge in [-0.05, 0) is 66.3 Å². The van der Waals surface area contributed by atoms with Crippen molar-refractivity contribution in [3.05, 3.63) is 29.0 Å². The lowest BCUT2D eigenvalue weighted by atomic mass is 9.68. The van der Waals surface area contributed by atoms with Crippen LogP contribution >= 0.6 is 11.6 Å². The number of hydrogen-bond acceptors (Lipinski definition) is 4. The minimum atomic E-state index is -0.435. The van der Waals surface area contributed by atoms with Crippen molar-refractivity contribution in [1.29, 1.82) is 5.26 Å². The summed E-state index contributed by atoms with van der Waals surface area (Å²) in [5.41, 5.74) is 1.76. The van der Waals surface area contributed by atoms with Gasteiger partial charge in [-0.15, -0.1) is 0 Å². The van der Waals surface area contributed by atoms with E-state index in [-0.39, 0.29) is 16.9 Å². The Labute approximate surface area is 182 Å². The average Bonchev–Trinajstić information content (AvgIpc) is 3.09. The molecule has 2 aromatic rings. The zero-order valence-corrected chi connectivity index (χ0v) is 18.9. The van der Waals surface area contributed by atoms with E-state index >= 15 is 0 Å². The van der Waals surface area contributed by atoms with Crippen molar-refractivity contribution in [1.82, 2.24) is 14.5 Å². The van der Waals surface area contributed by atoms with Crippen LogP contribution in [0.1, 0.15) is 58.9 Å². The van der Waals surface area contributed by atoms with Crippen molar-refractivity contribution in [2.75, 3.05) is 13.1 Å². The number of carbonyl (C=O) groups excluding carboxylic acids is 1. The summed E-state index contributed by atoms with van der Waals surface area (Å²) in [6.07, 6.45) is 3.52. The van der Waals surface area contributed by atoms with E-state index in [1.165, 1.54) is 0 Å². The van der Waals surface area contributed by atoms with Gasteiger partial charge in [-0.25, -0.2) is 9.78 Å². The maximum absolute atomic E-state index is 12.6. The normalized spacial score (nSPS) is 26.9. The van der Waals surface area contributed by atoms with Crippen molar-refractivity contribution in [3.63, 3.8) is 0 Å². The Balaban J connectivity index is 1.59. The van der Waals surface area contributed by atoms with Crippen molar-refractivity contribution in [2.24, 2.45) is 10.8 Å². The van der Waals surface area contributed by atoms with E-state index in [1.54, 1.807) is 6.07 Å². The zero-order chi connectivity index (χ0) is 21.7. The van der Waals surface area contributed by atoms with Crippen LogP contribution < -0.4 is 0 Å². The third-order valence-electron chi connectivity index (χ3n) is 6.24. The first-order valence-corrected chi connectivity index (χ1v) is 10.9. The van der Waals surface area contributed by atoms with E-state index in [1.807, 2.05) is 21.6 Å². The van der Waals surface area contributed by atoms with Gasteiger partial charge in [-0.2, -0.15) is 5.26 Å². The van der Waals surface area contributed by atoms with Crippen LogP contribution in [-0.4, -0.2) is 39.2 Å². The van der Waals surface area contributed by atoms with Crippen LogP contribution in [0.25, 0.3) is 11.0 Å². The van der Waals surface area contributed by atoms with Crippen molar-refractivity contribution < 1.29 is 9.53 Å². The standard InChI is InChI=1S/C23H29ClN4O2/c1-21(2,3)13-27-15-23(30-20(27)29)9-5-8-22(4,12-23)14-28-18-10-16(11-25)6-7-17(18)26-19(28)24/h6-7,10H,5,8-9,12-15H2,1-4H3. The van der Waals surface area contributed by atoms with Gasteiger partial charge in [0.05, 0.1) is 29.2 Å². The second-order valence-corrected chi connectivity index (χ2v) is 10.9. The molecular weight excluding hydrogens is 400 g/mol. The third kappa shape index (κ3) is 4.00. The van der Waals surface area contributed by atoms with Crippen LogP contribution in [0.4, 0.5) is 4.79 Å². The first-order valence-electron chi connectivity index (χ1n) is 10.6. The summed E-state index contributed by atoms with van der Waals surface area (Å²) >= 11 is 6.49. The Morgan fingerprint density at radius 3 is 2.80 bits per heavy atom. The molecule has 2 aliphatic rings. The molecule has 2 heterocycles. The van der Waals surface area contributed by atoms with Gasteiger partial charge >= 0.3 is 6.09 Å². The van der Waals surface area contributed by atoms with Gasteiger partial charge < -0.3 is 14.2 Å². The lowest BCUT2D eigenvalue weighted by Crippen LogP contribution is -2.45. The summed E-state index contributed by atoms with van der Waals surface area (Å²) in [6, 6.07) is 7.63. The van der Waals surface area contributed by atoms with Gasteiger partial charge in [-0.1, -0.05) is 27.7 Å². The molecular formula is C23H29ClN4O2. The van der Waals surface area contributed by atoms with Crippen LogP contribution in [0.15, 0.2) is 18.2 Å². The lowest BCUT2D eigenvalue weighted by molar-refractivity contribution is -0.0270. The van der Waals surface area contributed by atoms with E-state index < -0.39 is 5.60 Å². The fourth-order valence-electron chi connectivity index (χ4n) is 5.23. The summed E-state index contributed by atoms with van der Waals surface area (Å²) in [5.74, 6) is 0. The number of nitrogens with zero attached hydrogens (tertiary/aromatic N) is 4. The Kier molecular flexibility index (Phi) is 5.01. The van der Waals surface area contributed by atoms with Crippen molar-refractivity contribution in [2.45, 2.75) is 65.5 Å². The van der Waals surface area contributed by atoms with Crippen LogP contribution in [0.5, 0.6) is 0 Å². The smallest absolute Gasteiger partial charge is 0.410 e. The van der Waals surface area contributed by atoms with E-state index in [0.29, 0.717) is 30.5 Å². The number of ether oxygens (including phenoxy) is 1. The largest absolute Gasteiger partial charge is 0.441 e. The maximum atomic E-state index is 12.6. The predicted octanol–water partition coefficient (Wildman–Crippen LogP) is 5.38. The molecule has 1 spiro atoms. The van der Waals surface area contributed by atoms with Crippen molar-refractivity contribution >= 4 is 28.7 Å². The van der Waals surface area contributed by atoms with Crippen LogP contribution in [-0.2, 0) is 11.3 Å². The summed E-state index contributed by atoms with van der Waals surface area (Å²) in [7, 11) is 0. The van der Waals surface area contributed by atoms with Crippen LogP contribution in [0.2, 0.25) is 5.28 Å². The number of carbonyl (C=O) groups is 1. The molecule has 1 aliphatic heterocycles. The van der Waals surface area contributed by atoms with E-state index in [0.717, 1.165) is 36.7 Å². The van der Waals surface area contributed by atoms with Gasteiger partial charge in [0.1, 0.15) is 5.60 Å². The van der Waals surface area contributed by atoms with E-state index in [2.05, 4.69) is 38.7 Å². The van der Waals surface area contributed by atoms with Crippen molar-refractivity contribution in [3.8, 4) is 6.07 Å². The molecule has 7 heteroatoms. The monoisotopic (exact) mass is 428 g/mol. The number of benzene rings is 1. The topological polar surface area (TPSA) is 71.2 Å². The summed E-state index contributed by atoms with van der Waals surface area (Å²) < 4.78 is 8.00. The second kappa shape index (κ2) is 7.16. The number of hydrogen-bond donors (Lipinski definition) is 0. The Morgan fingerprint density at radius 2 is 2.10 bits per heavy atom. The molecule has 1 saturated heterocycles. The summed E-state index contributed by atoms with van der Waals surface area (Å²) in [6.45, 7) is 10.7. The van der Waals surface area contributed by atoms with Gasteiger partial charge in [-0.3, -0.25) is 0 Å². The fraction of sp³-hybridized carbons (Fsp3) is 0.609. The first kappa shape index (κ1) is 21.0. The van der Waals surface area contributed by atoms with E-state index in [9.17, 15) is 10.1 Å². The summed E-state index contributed by atoms with van der Waals surface area (Å²) in [5, 5.41) is 9.70. The molecule has 1 aromatic heterocycles. The molecule has 1 aromatic carbocycles. The number of amides is 1. The number of nitriles is 1. The third-order valence-corrected chi connectivity index (χ3v) is 6.53. The molecule has 2 fully saturated rings. The van der Waals surface area contributed by atoms with Gasteiger partial charge in [0.15, 0.2) is 0 Å². The maximum Gasteiger partial charge on any atom is 0.410 e. The number of rotatable bonds is 3.